The molecule has 0 atom stereocenters. The maximum Gasteiger partial charge on any atom is 0.252 e. The maximum absolute atomic E-state index is 13.5. The molecule has 0 fully saturated rings. The van der Waals surface area contributed by atoms with Gasteiger partial charge in [0.25, 0.3) is 5.91 Å². The third-order valence-electron chi connectivity index (χ3n) is 2.86. The molecule has 0 saturated heterocycles. The number of thiazole rings is 1. The summed E-state index contributed by atoms with van der Waals surface area (Å²) in [5.41, 5.74) is 1.81. The van der Waals surface area contributed by atoms with Gasteiger partial charge in [-0.3, -0.25) is 4.79 Å². The Kier molecular flexibility index (Phi) is 3.12. The fraction of sp³-hybridized carbons (Fsp3) is 0.167. The number of amides is 1. The first-order chi connectivity index (χ1) is 9.13. The van der Waals surface area contributed by atoms with E-state index in [-0.39, 0.29) is 5.91 Å². The number of rotatable bonds is 3. The molecule has 98 valence electrons. The van der Waals surface area contributed by atoms with Crippen LogP contribution >= 0.6 is 22.9 Å². The molecule has 2 N–H and O–H groups in total. The molecule has 19 heavy (non-hydrogen) atoms. The molecular weight excluding hydrogens is 289 g/mol. The molecule has 0 bridgehead atoms. The van der Waals surface area contributed by atoms with Gasteiger partial charge in [-0.15, -0.1) is 11.3 Å². The minimum atomic E-state index is -0.430. The van der Waals surface area contributed by atoms with Crippen LogP contribution in [0.1, 0.15) is 20.8 Å². The van der Waals surface area contributed by atoms with Crippen molar-refractivity contribution in [3.05, 3.63) is 44.6 Å². The van der Waals surface area contributed by atoms with Crippen molar-refractivity contribution < 1.29 is 9.18 Å². The van der Waals surface area contributed by atoms with E-state index in [9.17, 15) is 9.18 Å². The molecule has 1 aromatic carbocycles. The average Bonchev–Trinajstić information content (AvgIpc) is 2.94. The number of aromatic nitrogens is 1. The van der Waals surface area contributed by atoms with Gasteiger partial charge in [-0.25, -0.2) is 9.37 Å². The van der Waals surface area contributed by atoms with Gasteiger partial charge < -0.3 is 10.6 Å². The van der Waals surface area contributed by atoms with Gasteiger partial charge in [0.15, 0.2) is 4.47 Å². The summed E-state index contributed by atoms with van der Waals surface area (Å²) in [4.78, 5) is 16.4. The topological polar surface area (TPSA) is 54.0 Å². The summed E-state index contributed by atoms with van der Waals surface area (Å²) < 4.78 is 13.9. The van der Waals surface area contributed by atoms with Crippen molar-refractivity contribution in [2.45, 2.75) is 13.1 Å². The SMILES string of the molecule is O=C1NCc2c(NCc3cnc(Cl)s3)cc(F)cc21. The van der Waals surface area contributed by atoms with E-state index in [1.807, 2.05) is 0 Å². The molecule has 1 aliphatic heterocycles. The number of carbonyl (C=O) groups is 1. The van der Waals surface area contributed by atoms with Crippen molar-refractivity contribution in [1.82, 2.24) is 10.3 Å². The van der Waals surface area contributed by atoms with Crippen molar-refractivity contribution in [1.29, 1.82) is 0 Å². The highest BCUT2D eigenvalue weighted by atomic mass is 35.5. The summed E-state index contributed by atoms with van der Waals surface area (Å²) in [5, 5.41) is 5.79. The second-order valence-electron chi connectivity index (χ2n) is 4.10. The van der Waals surface area contributed by atoms with Crippen molar-refractivity contribution in [2.24, 2.45) is 0 Å². The van der Waals surface area contributed by atoms with Crippen LogP contribution < -0.4 is 10.6 Å². The summed E-state index contributed by atoms with van der Waals surface area (Å²) >= 11 is 7.11. The minimum Gasteiger partial charge on any atom is -0.380 e. The Balaban J connectivity index is 1.85. The fourth-order valence-electron chi connectivity index (χ4n) is 2.00. The smallest absolute Gasteiger partial charge is 0.252 e. The van der Waals surface area contributed by atoms with Crippen LogP contribution in [0.2, 0.25) is 4.47 Å². The number of carbonyl (C=O) groups excluding carboxylic acids is 1. The molecule has 0 unspecified atom stereocenters. The molecule has 0 saturated carbocycles. The van der Waals surface area contributed by atoms with E-state index in [1.54, 1.807) is 6.20 Å². The Morgan fingerprint density at radius 3 is 3.11 bits per heavy atom. The molecule has 0 radical (unpaired) electrons. The maximum atomic E-state index is 13.5. The molecular formula is C12H9ClFN3OS. The van der Waals surface area contributed by atoms with Gasteiger partial charge in [-0.1, -0.05) is 11.6 Å². The number of halogens is 2. The number of nitrogens with zero attached hydrogens (tertiary/aromatic N) is 1. The number of nitrogens with one attached hydrogen (secondary N) is 2. The summed E-state index contributed by atoms with van der Waals surface area (Å²) in [6.07, 6.45) is 1.67. The summed E-state index contributed by atoms with van der Waals surface area (Å²) in [6, 6.07) is 2.65. The second kappa shape index (κ2) is 4.79. The van der Waals surface area contributed by atoms with Crippen LogP contribution in [-0.4, -0.2) is 10.9 Å². The van der Waals surface area contributed by atoms with E-state index < -0.39 is 5.82 Å². The Labute approximate surface area is 117 Å². The average molecular weight is 298 g/mol. The van der Waals surface area contributed by atoms with Gasteiger partial charge in [0.1, 0.15) is 5.82 Å². The van der Waals surface area contributed by atoms with E-state index >= 15 is 0 Å². The molecule has 2 heterocycles. The van der Waals surface area contributed by atoms with Crippen LogP contribution in [-0.2, 0) is 13.1 Å². The van der Waals surface area contributed by atoms with Crippen LogP contribution in [0.4, 0.5) is 10.1 Å². The lowest BCUT2D eigenvalue weighted by molar-refractivity contribution is 0.0965. The Hall–Kier alpha value is -1.66. The number of hydrogen-bond acceptors (Lipinski definition) is 4. The lowest BCUT2D eigenvalue weighted by Crippen LogP contribution is -2.12. The monoisotopic (exact) mass is 297 g/mol. The molecule has 3 rings (SSSR count). The van der Waals surface area contributed by atoms with Crippen LogP contribution in [0.15, 0.2) is 18.3 Å². The zero-order chi connectivity index (χ0) is 13.4. The first-order valence-corrected chi connectivity index (χ1v) is 6.77. The molecule has 1 aromatic heterocycles. The normalized spacial score (nSPS) is 13.3. The predicted molar refractivity (Wildman–Crippen MR) is 72.0 cm³/mol. The molecule has 0 aliphatic carbocycles. The quantitative estimate of drug-likeness (QED) is 0.916. The van der Waals surface area contributed by atoms with E-state index in [0.29, 0.717) is 28.8 Å². The first kappa shape index (κ1) is 12.4. The zero-order valence-electron chi connectivity index (χ0n) is 9.67. The highest BCUT2D eigenvalue weighted by Gasteiger charge is 2.22. The molecule has 0 spiro atoms. The Morgan fingerprint density at radius 1 is 1.53 bits per heavy atom. The van der Waals surface area contributed by atoms with Crippen LogP contribution in [0.3, 0.4) is 0 Å². The van der Waals surface area contributed by atoms with Gasteiger partial charge in [0.2, 0.25) is 0 Å². The van der Waals surface area contributed by atoms with E-state index in [4.69, 9.17) is 11.6 Å². The largest absolute Gasteiger partial charge is 0.380 e. The molecule has 2 aromatic rings. The number of fused-ring (bicyclic) bond motifs is 1. The zero-order valence-corrected chi connectivity index (χ0v) is 11.2. The highest BCUT2D eigenvalue weighted by molar-refractivity contribution is 7.15. The molecule has 7 heteroatoms. The molecule has 1 aliphatic rings. The van der Waals surface area contributed by atoms with E-state index in [2.05, 4.69) is 15.6 Å². The Morgan fingerprint density at radius 2 is 2.37 bits per heavy atom. The highest BCUT2D eigenvalue weighted by Crippen LogP contribution is 2.27. The van der Waals surface area contributed by atoms with Gasteiger partial charge in [0, 0.05) is 34.4 Å². The molecule has 4 nitrogen and oxygen atoms in total. The third-order valence-corrected chi connectivity index (χ3v) is 3.98. The van der Waals surface area contributed by atoms with E-state index in [0.717, 1.165) is 10.4 Å². The van der Waals surface area contributed by atoms with Crippen LogP contribution in [0, 0.1) is 5.82 Å². The lowest BCUT2D eigenvalue weighted by atomic mass is 10.1. The Bertz CT molecular complexity index is 658. The number of anilines is 1. The first-order valence-electron chi connectivity index (χ1n) is 5.58. The standard InChI is InChI=1S/C12H9ClFN3OS/c13-12-17-4-7(19-12)3-15-10-2-6(14)1-8-9(10)5-16-11(8)18/h1-2,4,15H,3,5H2,(H,16,18). The molecule has 1 amide bonds. The van der Waals surface area contributed by atoms with Crippen LogP contribution in [0.5, 0.6) is 0 Å². The fourth-order valence-corrected chi connectivity index (χ4v) is 2.92. The van der Waals surface area contributed by atoms with Gasteiger partial charge in [-0.05, 0) is 12.1 Å². The van der Waals surface area contributed by atoms with E-state index in [1.165, 1.54) is 23.5 Å². The van der Waals surface area contributed by atoms with Crippen molar-refractivity contribution in [3.63, 3.8) is 0 Å². The predicted octanol–water partition coefficient (Wildman–Crippen LogP) is 2.79. The van der Waals surface area contributed by atoms with Gasteiger partial charge >= 0.3 is 0 Å². The van der Waals surface area contributed by atoms with Crippen molar-refractivity contribution >= 4 is 34.5 Å². The minimum absolute atomic E-state index is 0.238. The van der Waals surface area contributed by atoms with Crippen LogP contribution in [0.25, 0.3) is 0 Å². The number of benzene rings is 1. The number of hydrogen-bond donors (Lipinski definition) is 2. The summed E-state index contributed by atoms with van der Waals surface area (Å²) in [5.74, 6) is -0.668. The van der Waals surface area contributed by atoms with Crippen molar-refractivity contribution in [2.75, 3.05) is 5.32 Å². The van der Waals surface area contributed by atoms with Gasteiger partial charge in [-0.2, -0.15) is 0 Å². The summed E-state index contributed by atoms with van der Waals surface area (Å²) in [7, 11) is 0. The lowest BCUT2D eigenvalue weighted by Gasteiger charge is -2.09. The van der Waals surface area contributed by atoms with Gasteiger partial charge in [0.05, 0.1) is 6.54 Å². The second-order valence-corrected chi connectivity index (χ2v) is 5.79. The van der Waals surface area contributed by atoms with Crippen molar-refractivity contribution in [3.8, 4) is 0 Å². The third kappa shape index (κ3) is 2.41. The summed E-state index contributed by atoms with van der Waals surface area (Å²) in [6.45, 7) is 0.911.